The Balaban J connectivity index is 0.000000212. The van der Waals surface area contributed by atoms with E-state index < -0.39 is 0 Å². The van der Waals surface area contributed by atoms with Gasteiger partial charge >= 0.3 is 34.7 Å². The zero-order valence-corrected chi connectivity index (χ0v) is 49.4. The molecule has 0 spiro atoms. The van der Waals surface area contributed by atoms with E-state index in [1.165, 1.54) is 0 Å². The van der Waals surface area contributed by atoms with Crippen molar-refractivity contribution in [3.05, 3.63) is 214 Å². The van der Waals surface area contributed by atoms with Gasteiger partial charge in [0.1, 0.15) is 20.4 Å². The minimum atomic E-state index is 0. The number of fused-ring (bicyclic) bond motifs is 24. The van der Waals surface area contributed by atoms with Crippen LogP contribution in [0.15, 0.2) is 146 Å². The second-order valence-electron chi connectivity index (χ2n) is 17.7. The summed E-state index contributed by atoms with van der Waals surface area (Å²) in [5.41, 5.74) is 23.6. The largest absolute Gasteiger partial charge is 3.00 e. The summed E-state index contributed by atoms with van der Waals surface area (Å²) < 4.78 is 0. The molecule has 9 aromatic heterocycles. The molecule has 0 fully saturated rings. The number of carbonyl (C=O) groups is 3. The Hall–Kier alpha value is -8.61. The zero-order chi connectivity index (χ0) is 53.8. The summed E-state index contributed by atoms with van der Waals surface area (Å²) in [5, 5.41) is 0. The minimum Gasteiger partial charge on any atom is -0.355 e. The first-order chi connectivity index (χ1) is 38.4. The fraction of sp³-hybridized carbons (Fsp3) is 0. The van der Waals surface area contributed by atoms with Crippen molar-refractivity contribution in [3.8, 4) is 0 Å². The first-order valence-electron chi connectivity index (χ1n) is 24.4. The molecule has 0 amide bonds. The molecule has 0 saturated carbocycles. The number of nitrogens with one attached hydrogen (secondary N) is 6. The molecule has 3 radical (unpaired) electrons. The van der Waals surface area contributed by atoms with Gasteiger partial charge in [0.2, 0.25) is 0 Å². The van der Waals surface area contributed by atoms with Crippen LogP contribution in [0.25, 0.3) is 139 Å². The molecule has 0 aliphatic carbocycles. The topological polar surface area (TPSA) is 223 Å². The number of aromatic amines is 6. The van der Waals surface area contributed by atoms with Gasteiger partial charge in [0, 0.05) is 117 Å². The third kappa shape index (κ3) is 17.2. The molecule has 6 aliphatic rings. The van der Waals surface area contributed by atoms with Gasteiger partial charge < -0.3 is 44.3 Å². The second-order valence-corrected chi connectivity index (χ2v) is 17.7. The maximum absolute atomic E-state index is 8.00. The molecule has 405 valence electrons. The minimum absolute atomic E-state index is 0. The van der Waals surface area contributed by atoms with Crippen LogP contribution in [0.5, 0.6) is 0 Å². The van der Waals surface area contributed by atoms with Crippen molar-refractivity contribution in [1.82, 2.24) is 59.8 Å². The predicted octanol–water partition coefficient (Wildman–Crippen LogP) is 12.6. The zero-order valence-electron chi connectivity index (χ0n) is 44.0. The Morgan fingerprint density at radius 1 is 0.193 bits per heavy atom. The second kappa shape index (κ2) is 31.0. The SMILES string of the molecule is C1=Cc2cc3ccc(cc4ccc(cc5nc(cc1n2)C=C5)[nH]4)[nH]3.C1=Cc2cc3ccc(cc4ccc(cc5nc(cc1n2)C=C5)[nH]4)[nH]3.C1=Cc2cc3ccc(cc4ccc(cc5nc(cc1n2)C=C5)[nH]4)[nH]3.C=O.C=O.C=O.[Al+3].[Al+3].[Co].[Co].[Co]. The van der Waals surface area contributed by atoms with Crippen molar-refractivity contribution in [3.63, 3.8) is 0 Å². The van der Waals surface area contributed by atoms with E-state index in [2.05, 4.69) is 151 Å². The van der Waals surface area contributed by atoms with Crippen molar-refractivity contribution >= 4 is 194 Å². The van der Waals surface area contributed by atoms with E-state index in [0.29, 0.717) is 0 Å². The van der Waals surface area contributed by atoms with E-state index in [4.69, 9.17) is 14.4 Å². The molecule has 15 rings (SSSR count). The van der Waals surface area contributed by atoms with Crippen molar-refractivity contribution in [2.75, 3.05) is 0 Å². The standard InChI is InChI=1S/3C20H14N4.3CH2O.2Al.3Co/c3*1-2-14-10-16-5-6-18(23-16)12-20-8-7-19(24-20)11-17-4-3-15(22-17)9-13(1)21-14;3*1-2;;;;;/h3*1-12,21-22H;3*1H2;;;;;/q;;;;;;2*+3;;;. The van der Waals surface area contributed by atoms with Crippen LogP contribution in [0.2, 0.25) is 0 Å². The summed E-state index contributed by atoms with van der Waals surface area (Å²) in [6, 6.07) is 49.2. The number of nitrogens with zero attached hydrogens (tertiary/aromatic N) is 6. The van der Waals surface area contributed by atoms with Gasteiger partial charge in [0.15, 0.2) is 0 Å². The molecule has 6 N–H and O–H groups in total. The Morgan fingerprint density at radius 3 is 0.434 bits per heavy atom. The summed E-state index contributed by atoms with van der Waals surface area (Å²) in [5.74, 6) is 0. The van der Waals surface area contributed by atoms with Crippen LogP contribution in [0.4, 0.5) is 0 Å². The van der Waals surface area contributed by atoms with E-state index in [-0.39, 0.29) is 85.1 Å². The Morgan fingerprint density at radius 2 is 0.301 bits per heavy atom. The average molecular weight is 1250 g/mol. The first-order valence-corrected chi connectivity index (χ1v) is 24.4. The summed E-state index contributed by atoms with van der Waals surface area (Å²) in [4.78, 5) is 72.1. The number of H-pyrrole nitrogens is 6. The molecule has 83 heavy (non-hydrogen) atoms. The van der Waals surface area contributed by atoms with E-state index >= 15 is 0 Å². The number of aromatic nitrogens is 12. The van der Waals surface area contributed by atoms with E-state index in [1.54, 1.807) is 0 Å². The predicted molar refractivity (Wildman–Crippen MR) is 329 cm³/mol. The summed E-state index contributed by atoms with van der Waals surface area (Å²) in [6.07, 6.45) is 24.1. The Kier molecular flexibility index (Phi) is 24.4. The number of carbonyl (C=O) groups excluding carboxylic acids is 3. The van der Waals surface area contributed by atoms with Gasteiger partial charge in [-0.05, 0) is 219 Å². The maximum Gasteiger partial charge on any atom is 3.00 e. The molecule has 24 bridgehead atoms. The number of hydrogen-bond donors (Lipinski definition) is 6. The molecule has 6 aliphatic heterocycles. The molecule has 0 saturated heterocycles. The van der Waals surface area contributed by atoms with Crippen molar-refractivity contribution in [2.45, 2.75) is 0 Å². The van der Waals surface area contributed by atoms with Crippen molar-refractivity contribution in [1.29, 1.82) is 0 Å². The number of hydrogen-bond acceptors (Lipinski definition) is 9. The molecule has 20 heteroatoms. The van der Waals surface area contributed by atoms with Crippen LogP contribution in [0.1, 0.15) is 68.3 Å². The van der Waals surface area contributed by atoms with Gasteiger partial charge in [-0.3, -0.25) is 0 Å². The summed E-state index contributed by atoms with van der Waals surface area (Å²) >= 11 is 0. The third-order valence-corrected chi connectivity index (χ3v) is 12.1. The normalized spacial score (nSPS) is 11.1. The average Bonchev–Trinajstić information content (AvgIpc) is 4.28. The molecular weight excluding hydrogens is 1200 g/mol. The van der Waals surface area contributed by atoms with Crippen molar-refractivity contribution in [2.24, 2.45) is 0 Å². The Bertz CT molecular complexity index is 3760. The third-order valence-electron chi connectivity index (χ3n) is 12.1. The van der Waals surface area contributed by atoms with Gasteiger partial charge in [-0.25, -0.2) is 29.9 Å². The molecule has 0 atom stereocenters. The van der Waals surface area contributed by atoms with Crippen molar-refractivity contribution < 1.29 is 64.7 Å². The molecule has 15 nitrogen and oxygen atoms in total. The molecule has 0 aromatic carbocycles. The van der Waals surface area contributed by atoms with E-state index in [0.717, 1.165) is 135 Å². The van der Waals surface area contributed by atoms with Crippen LogP contribution >= 0.6 is 0 Å². The monoisotopic (exact) mass is 1250 g/mol. The molecule has 15 heterocycles. The molecule has 0 unspecified atom stereocenters. The quantitative estimate of drug-likeness (QED) is 0.0794. The van der Waals surface area contributed by atoms with E-state index in [9.17, 15) is 0 Å². The van der Waals surface area contributed by atoms with Crippen LogP contribution in [-0.2, 0) is 64.7 Å². The summed E-state index contributed by atoms with van der Waals surface area (Å²) in [7, 11) is 0. The first kappa shape index (κ1) is 65.2. The number of rotatable bonds is 0. The molecule has 9 aromatic rings. The fourth-order valence-electron chi connectivity index (χ4n) is 8.83. The fourth-order valence-corrected chi connectivity index (χ4v) is 8.83. The van der Waals surface area contributed by atoms with Gasteiger partial charge in [-0.2, -0.15) is 0 Å². The van der Waals surface area contributed by atoms with Gasteiger partial charge in [-0.1, -0.05) is 0 Å². The maximum atomic E-state index is 8.00. The smallest absolute Gasteiger partial charge is 0.355 e. The summed E-state index contributed by atoms with van der Waals surface area (Å²) in [6.45, 7) is 6.00. The van der Waals surface area contributed by atoms with Gasteiger partial charge in [-0.15, -0.1) is 0 Å². The molecular formula is C63H48Al2Co3N12O3+6. The van der Waals surface area contributed by atoms with E-state index in [1.807, 2.05) is 148 Å². The van der Waals surface area contributed by atoms with Crippen LogP contribution in [-0.4, -0.2) is 115 Å². The van der Waals surface area contributed by atoms with Crippen LogP contribution in [0, 0.1) is 0 Å². The van der Waals surface area contributed by atoms with Gasteiger partial charge in [0.25, 0.3) is 0 Å². The van der Waals surface area contributed by atoms with Crippen LogP contribution in [0.3, 0.4) is 0 Å². The Labute approximate surface area is 528 Å². The van der Waals surface area contributed by atoms with Crippen LogP contribution < -0.4 is 0 Å². The van der Waals surface area contributed by atoms with Gasteiger partial charge in [0.05, 0.1) is 68.3 Å².